The number of rotatable bonds is 4. The molecular formula is C21H22N2O. The lowest BCUT2D eigenvalue weighted by molar-refractivity contribution is 0.415. The van der Waals surface area contributed by atoms with Crippen molar-refractivity contribution in [3.05, 3.63) is 66.5 Å². The third kappa shape index (κ3) is 3.11. The van der Waals surface area contributed by atoms with Crippen LogP contribution in [0.4, 0.5) is 5.69 Å². The monoisotopic (exact) mass is 318 g/mol. The van der Waals surface area contributed by atoms with E-state index in [0.29, 0.717) is 0 Å². The number of hydrogen-bond acceptors (Lipinski definition) is 3. The molecule has 0 aliphatic heterocycles. The van der Waals surface area contributed by atoms with Gasteiger partial charge in [0.2, 0.25) is 0 Å². The summed E-state index contributed by atoms with van der Waals surface area (Å²) in [7, 11) is 5.78. The number of benzene rings is 2. The maximum atomic E-state index is 5.27. The van der Waals surface area contributed by atoms with Gasteiger partial charge in [-0.25, -0.2) is 0 Å². The topological polar surface area (TPSA) is 25.4 Å². The summed E-state index contributed by atoms with van der Waals surface area (Å²) in [6.45, 7) is 2.05. The molecule has 0 saturated heterocycles. The van der Waals surface area contributed by atoms with Crippen LogP contribution in [-0.2, 0) is 0 Å². The highest BCUT2D eigenvalue weighted by molar-refractivity contribution is 5.85. The standard InChI is InChI=1S/C21H22N2O/c1-15-21(17-7-11-19(24-4)12-8-17)20(13-14-22-15)16-5-9-18(10-6-16)23(2)3/h5-14H,1-4H3. The first-order chi connectivity index (χ1) is 11.6. The van der Waals surface area contributed by atoms with Crippen molar-refractivity contribution in [3.8, 4) is 28.0 Å². The summed E-state index contributed by atoms with van der Waals surface area (Å²) in [6.07, 6.45) is 1.87. The summed E-state index contributed by atoms with van der Waals surface area (Å²) in [4.78, 5) is 6.59. The number of aromatic nitrogens is 1. The van der Waals surface area contributed by atoms with Crippen molar-refractivity contribution in [1.82, 2.24) is 4.98 Å². The molecule has 0 bridgehead atoms. The van der Waals surface area contributed by atoms with E-state index in [0.717, 1.165) is 22.6 Å². The number of ether oxygens (including phenoxy) is 1. The van der Waals surface area contributed by atoms with Crippen LogP contribution in [0.1, 0.15) is 5.69 Å². The predicted octanol–water partition coefficient (Wildman–Crippen LogP) is 4.80. The molecule has 3 nitrogen and oxygen atoms in total. The Morgan fingerprint density at radius 1 is 0.833 bits per heavy atom. The first-order valence-electron chi connectivity index (χ1n) is 7.98. The van der Waals surface area contributed by atoms with Gasteiger partial charge in [-0.1, -0.05) is 24.3 Å². The van der Waals surface area contributed by atoms with Crippen LogP contribution in [0.2, 0.25) is 0 Å². The molecular weight excluding hydrogens is 296 g/mol. The molecule has 0 unspecified atom stereocenters. The van der Waals surface area contributed by atoms with Gasteiger partial charge >= 0.3 is 0 Å². The van der Waals surface area contributed by atoms with Crippen LogP contribution >= 0.6 is 0 Å². The van der Waals surface area contributed by atoms with Crippen molar-refractivity contribution >= 4 is 5.69 Å². The molecule has 0 fully saturated rings. The number of anilines is 1. The zero-order chi connectivity index (χ0) is 17.1. The van der Waals surface area contributed by atoms with Crippen LogP contribution in [0.15, 0.2) is 60.8 Å². The second-order valence-electron chi connectivity index (χ2n) is 5.99. The predicted molar refractivity (Wildman–Crippen MR) is 101 cm³/mol. The molecule has 1 aromatic heterocycles. The molecule has 0 atom stereocenters. The van der Waals surface area contributed by atoms with Crippen molar-refractivity contribution in [3.63, 3.8) is 0 Å². The van der Waals surface area contributed by atoms with Crippen LogP contribution in [0.5, 0.6) is 5.75 Å². The molecule has 3 rings (SSSR count). The van der Waals surface area contributed by atoms with Gasteiger partial charge < -0.3 is 9.64 Å². The summed E-state index contributed by atoms with van der Waals surface area (Å²) in [5, 5.41) is 0. The van der Waals surface area contributed by atoms with Gasteiger partial charge in [0.1, 0.15) is 5.75 Å². The smallest absolute Gasteiger partial charge is 0.118 e. The molecule has 2 aromatic carbocycles. The van der Waals surface area contributed by atoms with E-state index in [1.807, 2.05) is 32.4 Å². The molecule has 0 amide bonds. The van der Waals surface area contributed by atoms with E-state index >= 15 is 0 Å². The molecule has 0 aliphatic rings. The number of aryl methyl sites for hydroxylation is 1. The molecule has 3 heteroatoms. The molecule has 3 aromatic rings. The molecule has 0 spiro atoms. The lowest BCUT2D eigenvalue weighted by Gasteiger charge is -2.15. The molecule has 24 heavy (non-hydrogen) atoms. The highest BCUT2D eigenvalue weighted by atomic mass is 16.5. The number of hydrogen-bond donors (Lipinski definition) is 0. The molecule has 1 heterocycles. The average Bonchev–Trinajstić information content (AvgIpc) is 2.62. The minimum Gasteiger partial charge on any atom is -0.497 e. The van der Waals surface area contributed by atoms with E-state index in [4.69, 9.17) is 4.74 Å². The van der Waals surface area contributed by atoms with Crippen molar-refractivity contribution < 1.29 is 4.74 Å². The van der Waals surface area contributed by atoms with E-state index < -0.39 is 0 Å². The van der Waals surface area contributed by atoms with Gasteiger partial charge in [0.25, 0.3) is 0 Å². The van der Waals surface area contributed by atoms with E-state index in [-0.39, 0.29) is 0 Å². The minimum absolute atomic E-state index is 0.858. The Kier molecular flexibility index (Phi) is 4.52. The van der Waals surface area contributed by atoms with Crippen molar-refractivity contribution in [1.29, 1.82) is 0 Å². The van der Waals surface area contributed by atoms with Crippen molar-refractivity contribution in [2.45, 2.75) is 6.92 Å². The molecule has 0 aliphatic carbocycles. The van der Waals surface area contributed by atoms with Gasteiger partial charge in [-0.2, -0.15) is 0 Å². The fourth-order valence-corrected chi connectivity index (χ4v) is 2.87. The minimum atomic E-state index is 0.858. The van der Waals surface area contributed by atoms with Gasteiger partial charge in [0.05, 0.1) is 7.11 Å². The lowest BCUT2D eigenvalue weighted by atomic mass is 9.94. The first-order valence-corrected chi connectivity index (χ1v) is 7.98. The van der Waals surface area contributed by atoms with Crippen molar-refractivity contribution in [2.24, 2.45) is 0 Å². The Bertz CT molecular complexity index is 821. The second kappa shape index (κ2) is 6.75. The van der Waals surface area contributed by atoms with Crippen LogP contribution < -0.4 is 9.64 Å². The SMILES string of the molecule is COc1ccc(-c2c(-c3ccc(N(C)C)cc3)ccnc2C)cc1. The van der Waals surface area contributed by atoms with E-state index in [9.17, 15) is 0 Å². The van der Waals surface area contributed by atoms with Gasteiger partial charge in [-0.05, 0) is 53.9 Å². The summed E-state index contributed by atoms with van der Waals surface area (Å²) in [6, 6.07) is 18.8. The molecule has 0 radical (unpaired) electrons. The van der Waals surface area contributed by atoms with E-state index in [1.54, 1.807) is 7.11 Å². The maximum Gasteiger partial charge on any atom is 0.118 e. The van der Waals surface area contributed by atoms with E-state index in [1.165, 1.54) is 16.8 Å². The van der Waals surface area contributed by atoms with Crippen LogP contribution in [0.3, 0.4) is 0 Å². The zero-order valence-corrected chi connectivity index (χ0v) is 14.6. The Hall–Kier alpha value is -2.81. The quantitative estimate of drug-likeness (QED) is 0.691. The Labute approximate surface area is 143 Å². The van der Waals surface area contributed by atoms with Gasteiger partial charge in [-0.15, -0.1) is 0 Å². The summed E-state index contributed by atoms with van der Waals surface area (Å²) in [5.74, 6) is 0.858. The first kappa shape index (κ1) is 16.1. The summed E-state index contributed by atoms with van der Waals surface area (Å²) >= 11 is 0. The third-order valence-corrected chi connectivity index (χ3v) is 4.21. The van der Waals surface area contributed by atoms with E-state index in [2.05, 4.69) is 59.3 Å². The molecule has 0 saturated carbocycles. The maximum absolute atomic E-state index is 5.27. The highest BCUT2D eigenvalue weighted by Crippen LogP contribution is 2.35. The summed E-state index contributed by atoms with van der Waals surface area (Å²) in [5.41, 5.74) is 6.91. The third-order valence-electron chi connectivity index (χ3n) is 4.21. The number of methoxy groups -OCH3 is 1. The fraction of sp³-hybridized carbons (Fsp3) is 0.190. The lowest BCUT2D eigenvalue weighted by Crippen LogP contribution is -2.07. The normalized spacial score (nSPS) is 10.5. The number of nitrogens with zero attached hydrogens (tertiary/aromatic N) is 2. The van der Waals surface area contributed by atoms with Crippen LogP contribution in [0.25, 0.3) is 22.3 Å². The largest absolute Gasteiger partial charge is 0.497 e. The second-order valence-corrected chi connectivity index (χ2v) is 5.99. The fourth-order valence-electron chi connectivity index (χ4n) is 2.87. The van der Waals surface area contributed by atoms with Gasteiger partial charge in [0.15, 0.2) is 0 Å². The average molecular weight is 318 g/mol. The highest BCUT2D eigenvalue weighted by Gasteiger charge is 2.11. The Balaban J connectivity index is 2.10. The van der Waals surface area contributed by atoms with Crippen molar-refractivity contribution in [2.75, 3.05) is 26.1 Å². The zero-order valence-electron chi connectivity index (χ0n) is 14.6. The molecule has 122 valence electrons. The summed E-state index contributed by atoms with van der Waals surface area (Å²) < 4.78 is 5.27. The Morgan fingerprint density at radius 3 is 2.04 bits per heavy atom. The molecule has 0 N–H and O–H groups in total. The van der Waals surface area contributed by atoms with Crippen LogP contribution in [0, 0.1) is 6.92 Å². The van der Waals surface area contributed by atoms with Gasteiger partial charge in [-0.3, -0.25) is 4.98 Å². The van der Waals surface area contributed by atoms with Gasteiger partial charge in [0, 0.05) is 37.2 Å². The number of pyridine rings is 1. The van der Waals surface area contributed by atoms with Crippen LogP contribution in [-0.4, -0.2) is 26.2 Å². The Morgan fingerprint density at radius 2 is 1.46 bits per heavy atom.